The number of ether oxygens (including phenoxy) is 1. The van der Waals surface area contributed by atoms with Crippen LogP contribution in [0, 0.1) is 5.41 Å². The van der Waals surface area contributed by atoms with Gasteiger partial charge in [-0.2, -0.15) is 0 Å². The zero-order chi connectivity index (χ0) is 11.9. The van der Waals surface area contributed by atoms with Gasteiger partial charge in [0.15, 0.2) is 0 Å². The Morgan fingerprint density at radius 2 is 1.93 bits per heavy atom. The molecule has 0 bridgehead atoms. The third-order valence-electron chi connectivity index (χ3n) is 2.63. The van der Waals surface area contributed by atoms with Crippen molar-refractivity contribution in [1.82, 2.24) is 0 Å². The van der Waals surface area contributed by atoms with Crippen molar-refractivity contribution < 1.29 is 19.1 Å². The molecule has 0 spiro atoms. The Balaban J connectivity index is 4.87. The van der Waals surface area contributed by atoms with Crippen LogP contribution in [0.25, 0.3) is 0 Å². The standard InChI is InChI=1S/C11H18O4/c1-4-11(9(3)13,7-6-8-12)10(14)15-5-2/h8H,4-7H2,1-3H3. The molecule has 0 heterocycles. The summed E-state index contributed by atoms with van der Waals surface area (Å²) in [4.78, 5) is 33.5. The van der Waals surface area contributed by atoms with E-state index in [1.807, 2.05) is 0 Å². The van der Waals surface area contributed by atoms with Gasteiger partial charge < -0.3 is 9.53 Å². The van der Waals surface area contributed by atoms with Crippen LogP contribution in [0.1, 0.15) is 40.0 Å². The fourth-order valence-electron chi connectivity index (χ4n) is 1.57. The van der Waals surface area contributed by atoms with E-state index in [1.54, 1.807) is 13.8 Å². The van der Waals surface area contributed by atoms with Crippen molar-refractivity contribution in [3.63, 3.8) is 0 Å². The van der Waals surface area contributed by atoms with Crippen LogP contribution in [-0.4, -0.2) is 24.6 Å². The highest BCUT2D eigenvalue weighted by atomic mass is 16.5. The molecule has 1 unspecified atom stereocenters. The van der Waals surface area contributed by atoms with Crippen LogP contribution >= 0.6 is 0 Å². The van der Waals surface area contributed by atoms with Gasteiger partial charge >= 0.3 is 5.97 Å². The van der Waals surface area contributed by atoms with Crippen molar-refractivity contribution >= 4 is 18.0 Å². The molecule has 0 aliphatic rings. The van der Waals surface area contributed by atoms with E-state index in [-0.39, 0.29) is 25.2 Å². The van der Waals surface area contributed by atoms with Crippen molar-refractivity contribution in [2.75, 3.05) is 6.61 Å². The number of carbonyl (C=O) groups is 3. The summed E-state index contributed by atoms with van der Waals surface area (Å²) in [5, 5.41) is 0. The van der Waals surface area contributed by atoms with Crippen LogP contribution in [0.2, 0.25) is 0 Å². The van der Waals surface area contributed by atoms with Gasteiger partial charge in [-0.05, 0) is 26.7 Å². The normalized spacial score (nSPS) is 14.1. The summed E-state index contributed by atoms with van der Waals surface area (Å²) < 4.78 is 4.88. The summed E-state index contributed by atoms with van der Waals surface area (Å²) in [6, 6.07) is 0. The van der Waals surface area contributed by atoms with E-state index in [1.165, 1.54) is 6.92 Å². The monoisotopic (exact) mass is 214 g/mol. The van der Waals surface area contributed by atoms with Crippen LogP contribution in [0.4, 0.5) is 0 Å². The Morgan fingerprint density at radius 1 is 1.33 bits per heavy atom. The smallest absolute Gasteiger partial charge is 0.319 e. The lowest BCUT2D eigenvalue weighted by Gasteiger charge is -2.26. The molecule has 86 valence electrons. The van der Waals surface area contributed by atoms with Gasteiger partial charge in [0.25, 0.3) is 0 Å². The number of rotatable bonds is 7. The van der Waals surface area contributed by atoms with E-state index in [0.29, 0.717) is 12.7 Å². The third kappa shape index (κ3) is 3.15. The van der Waals surface area contributed by atoms with E-state index in [9.17, 15) is 14.4 Å². The summed E-state index contributed by atoms with van der Waals surface area (Å²) in [5.74, 6) is -0.743. The molecule has 0 fully saturated rings. The van der Waals surface area contributed by atoms with Crippen LogP contribution in [0.15, 0.2) is 0 Å². The van der Waals surface area contributed by atoms with E-state index in [0.717, 1.165) is 0 Å². The van der Waals surface area contributed by atoms with Gasteiger partial charge in [0.2, 0.25) is 0 Å². The lowest BCUT2D eigenvalue weighted by Crippen LogP contribution is -2.39. The predicted molar refractivity (Wildman–Crippen MR) is 55.3 cm³/mol. The lowest BCUT2D eigenvalue weighted by atomic mass is 9.77. The average molecular weight is 214 g/mol. The van der Waals surface area contributed by atoms with Crippen LogP contribution < -0.4 is 0 Å². The molecule has 0 aliphatic carbocycles. The number of hydrogen-bond acceptors (Lipinski definition) is 4. The Kier molecular flexibility index (Phi) is 5.82. The molecule has 0 saturated carbocycles. The maximum absolute atomic E-state index is 11.7. The fourth-order valence-corrected chi connectivity index (χ4v) is 1.57. The van der Waals surface area contributed by atoms with Gasteiger partial charge in [-0.15, -0.1) is 0 Å². The Hall–Kier alpha value is -1.19. The van der Waals surface area contributed by atoms with E-state index in [4.69, 9.17) is 4.74 Å². The molecule has 0 aromatic rings. The molecule has 0 aromatic heterocycles. The topological polar surface area (TPSA) is 60.4 Å². The number of aldehydes is 1. The number of ketones is 1. The first kappa shape index (κ1) is 13.8. The van der Waals surface area contributed by atoms with Gasteiger partial charge in [-0.1, -0.05) is 6.92 Å². The second kappa shape index (κ2) is 6.32. The molecule has 0 amide bonds. The second-order valence-electron chi connectivity index (χ2n) is 3.42. The van der Waals surface area contributed by atoms with Crippen LogP contribution in [-0.2, 0) is 19.1 Å². The largest absolute Gasteiger partial charge is 0.465 e. The minimum absolute atomic E-state index is 0.201. The zero-order valence-corrected chi connectivity index (χ0v) is 9.54. The Bertz CT molecular complexity index is 247. The number of hydrogen-bond donors (Lipinski definition) is 0. The van der Waals surface area contributed by atoms with E-state index in [2.05, 4.69) is 0 Å². The average Bonchev–Trinajstić information content (AvgIpc) is 2.19. The summed E-state index contributed by atoms with van der Waals surface area (Å²) in [7, 11) is 0. The van der Waals surface area contributed by atoms with Gasteiger partial charge in [0, 0.05) is 6.42 Å². The summed E-state index contributed by atoms with van der Waals surface area (Å²) in [5.41, 5.74) is -1.13. The zero-order valence-electron chi connectivity index (χ0n) is 9.54. The molecule has 0 rings (SSSR count). The highest BCUT2D eigenvalue weighted by molar-refractivity contribution is 6.02. The van der Waals surface area contributed by atoms with E-state index < -0.39 is 11.4 Å². The number of carbonyl (C=O) groups excluding carboxylic acids is 3. The first-order valence-electron chi connectivity index (χ1n) is 5.17. The number of esters is 1. The summed E-state index contributed by atoms with van der Waals surface area (Å²) in [6.07, 6.45) is 1.52. The van der Waals surface area contributed by atoms with Gasteiger partial charge in [-0.25, -0.2) is 0 Å². The minimum atomic E-state index is -1.13. The van der Waals surface area contributed by atoms with Gasteiger partial charge in [-0.3, -0.25) is 9.59 Å². The molecule has 0 aliphatic heterocycles. The minimum Gasteiger partial charge on any atom is -0.465 e. The first-order valence-corrected chi connectivity index (χ1v) is 5.17. The van der Waals surface area contributed by atoms with Crippen molar-refractivity contribution in [3.8, 4) is 0 Å². The Morgan fingerprint density at radius 3 is 2.27 bits per heavy atom. The van der Waals surface area contributed by atoms with Crippen molar-refractivity contribution in [2.45, 2.75) is 40.0 Å². The Labute approximate surface area is 90.0 Å². The maximum Gasteiger partial charge on any atom is 0.319 e. The first-order chi connectivity index (χ1) is 7.05. The molecule has 1 atom stereocenters. The molecular weight excluding hydrogens is 196 g/mol. The number of Topliss-reactive ketones (excluding diaryl/α,β-unsaturated/α-hetero) is 1. The molecule has 4 nitrogen and oxygen atoms in total. The molecular formula is C11H18O4. The second-order valence-corrected chi connectivity index (χ2v) is 3.42. The predicted octanol–water partition coefficient (Wildman–Crippen LogP) is 1.51. The van der Waals surface area contributed by atoms with E-state index >= 15 is 0 Å². The van der Waals surface area contributed by atoms with Gasteiger partial charge in [0.05, 0.1) is 6.61 Å². The molecule has 0 N–H and O–H groups in total. The maximum atomic E-state index is 11.7. The highest BCUT2D eigenvalue weighted by Gasteiger charge is 2.42. The van der Waals surface area contributed by atoms with Gasteiger partial charge in [0.1, 0.15) is 17.5 Å². The third-order valence-corrected chi connectivity index (χ3v) is 2.63. The summed E-state index contributed by atoms with van der Waals surface area (Å²) >= 11 is 0. The molecule has 15 heavy (non-hydrogen) atoms. The molecule has 4 heteroatoms. The molecule has 0 aromatic carbocycles. The van der Waals surface area contributed by atoms with Crippen LogP contribution in [0.3, 0.4) is 0 Å². The van der Waals surface area contributed by atoms with Crippen molar-refractivity contribution in [1.29, 1.82) is 0 Å². The quantitative estimate of drug-likeness (QED) is 0.366. The van der Waals surface area contributed by atoms with Crippen LogP contribution in [0.5, 0.6) is 0 Å². The fraction of sp³-hybridized carbons (Fsp3) is 0.727. The SMILES string of the molecule is CCOC(=O)C(CC)(CCC=O)C(C)=O. The molecule has 0 radical (unpaired) electrons. The lowest BCUT2D eigenvalue weighted by molar-refractivity contribution is -0.160. The van der Waals surface area contributed by atoms with Crippen molar-refractivity contribution in [2.24, 2.45) is 5.41 Å². The molecule has 0 saturated heterocycles. The highest BCUT2D eigenvalue weighted by Crippen LogP contribution is 2.30. The summed E-state index contributed by atoms with van der Waals surface area (Å²) in [6.45, 7) is 5.06. The van der Waals surface area contributed by atoms with Crippen molar-refractivity contribution in [3.05, 3.63) is 0 Å².